The van der Waals surface area contributed by atoms with E-state index in [2.05, 4.69) is 10.6 Å². The fraction of sp³-hybridized carbons (Fsp3) is 0.500. The molecule has 0 aromatic heterocycles. The number of hydrogen-bond donors (Lipinski definition) is 2. The van der Waals surface area contributed by atoms with Gasteiger partial charge in [-0.25, -0.2) is 0 Å². The molecule has 0 aliphatic carbocycles. The van der Waals surface area contributed by atoms with E-state index in [1.54, 1.807) is 19.9 Å². The monoisotopic (exact) mass is 502 g/mol. The minimum absolute atomic E-state index is 0.0900. The SMILES string of the molecule is CC(C)C[C@H](NC(=O)CNC(=O)c1cc(Cl)ccc1Cl)B1OC(=O)[C@H](C)S[C@H](C)C(=O)O1. The van der Waals surface area contributed by atoms with E-state index in [4.69, 9.17) is 32.5 Å². The van der Waals surface area contributed by atoms with Gasteiger partial charge in [0.15, 0.2) is 0 Å². The van der Waals surface area contributed by atoms with Crippen molar-refractivity contribution >= 4 is 65.8 Å². The first kappa shape index (κ1) is 26.3. The summed E-state index contributed by atoms with van der Waals surface area (Å²) in [5.74, 6) is -2.89. The normalized spacial score (nSPS) is 20.0. The molecule has 32 heavy (non-hydrogen) atoms. The maximum atomic E-state index is 12.5. The summed E-state index contributed by atoms with van der Waals surface area (Å²) < 4.78 is 10.7. The molecular formula is C20H25BCl2N2O6S. The summed E-state index contributed by atoms with van der Waals surface area (Å²) in [6.45, 7) is 6.75. The molecule has 1 fully saturated rings. The van der Waals surface area contributed by atoms with Crippen molar-refractivity contribution in [3.8, 4) is 0 Å². The van der Waals surface area contributed by atoms with E-state index in [1.807, 2.05) is 13.8 Å². The standard InChI is InChI=1S/C20H25BCl2N2O6S/c1-10(2)7-16(21-30-19(28)11(3)32-12(4)20(29)31-21)25-17(26)9-24-18(27)14-8-13(22)5-6-15(14)23/h5-6,8,10-12,16H,7,9H2,1-4H3,(H,24,27)(H,25,26)/t11-,12+,16-/m0/s1. The maximum Gasteiger partial charge on any atom is 0.622 e. The Morgan fingerprint density at radius 3 is 2.28 bits per heavy atom. The second-order valence-corrected chi connectivity index (χ2v) is 10.3. The molecule has 174 valence electrons. The van der Waals surface area contributed by atoms with Gasteiger partial charge in [0, 0.05) is 5.02 Å². The number of carbonyl (C=O) groups excluding carboxylic acids is 4. The number of nitrogens with one attached hydrogen (secondary N) is 2. The number of rotatable bonds is 7. The summed E-state index contributed by atoms with van der Waals surface area (Å²) in [7, 11) is -1.27. The number of benzene rings is 1. The predicted molar refractivity (Wildman–Crippen MR) is 125 cm³/mol. The van der Waals surface area contributed by atoms with E-state index in [0.717, 1.165) is 11.8 Å². The van der Waals surface area contributed by atoms with Crippen molar-refractivity contribution in [2.45, 2.75) is 50.6 Å². The Morgan fingerprint density at radius 1 is 1.12 bits per heavy atom. The summed E-state index contributed by atoms with van der Waals surface area (Å²) >= 11 is 13.0. The Bertz CT molecular complexity index is 866. The molecule has 0 radical (unpaired) electrons. The molecule has 2 N–H and O–H groups in total. The summed E-state index contributed by atoms with van der Waals surface area (Å²) in [6, 6.07) is 4.42. The van der Waals surface area contributed by atoms with Crippen LogP contribution in [-0.2, 0) is 23.7 Å². The molecule has 12 heteroatoms. The Balaban J connectivity index is 2.07. The molecule has 1 aliphatic rings. The lowest BCUT2D eigenvalue weighted by Crippen LogP contribution is -2.55. The van der Waals surface area contributed by atoms with Crippen LogP contribution in [0.1, 0.15) is 44.5 Å². The van der Waals surface area contributed by atoms with E-state index < -0.39 is 47.3 Å². The van der Waals surface area contributed by atoms with Crippen LogP contribution in [-0.4, -0.2) is 53.9 Å². The van der Waals surface area contributed by atoms with Gasteiger partial charge in [0.05, 0.1) is 33.6 Å². The summed E-state index contributed by atoms with van der Waals surface area (Å²) in [6.07, 6.45) is 0.376. The fourth-order valence-corrected chi connectivity index (χ4v) is 4.28. The van der Waals surface area contributed by atoms with Crippen LogP contribution in [0.5, 0.6) is 0 Å². The van der Waals surface area contributed by atoms with Crippen LogP contribution in [0, 0.1) is 5.92 Å². The van der Waals surface area contributed by atoms with Crippen molar-refractivity contribution < 1.29 is 28.5 Å². The molecule has 2 rings (SSSR count). The van der Waals surface area contributed by atoms with E-state index in [1.165, 1.54) is 12.1 Å². The quantitative estimate of drug-likeness (QED) is 0.551. The van der Waals surface area contributed by atoms with Crippen LogP contribution in [0.2, 0.25) is 10.0 Å². The highest BCUT2D eigenvalue weighted by Crippen LogP contribution is 2.24. The van der Waals surface area contributed by atoms with Gasteiger partial charge in [0.25, 0.3) is 5.91 Å². The molecule has 1 aliphatic heterocycles. The van der Waals surface area contributed by atoms with Crippen LogP contribution in [0.25, 0.3) is 0 Å². The van der Waals surface area contributed by atoms with Crippen molar-refractivity contribution in [2.24, 2.45) is 5.92 Å². The highest BCUT2D eigenvalue weighted by molar-refractivity contribution is 8.01. The van der Waals surface area contributed by atoms with Gasteiger partial charge in [0.1, 0.15) is 0 Å². The highest BCUT2D eigenvalue weighted by atomic mass is 35.5. The van der Waals surface area contributed by atoms with Crippen LogP contribution in [0.3, 0.4) is 0 Å². The number of thioether (sulfide) groups is 1. The van der Waals surface area contributed by atoms with Crippen LogP contribution in [0.4, 0.5) is 0 Å². The second-order valence-electron chi connectivity index (χ2n) is 7.77. The fourth-order valence-electron chi connectivity index (χ4n) is 2.96. The van der Waals surface area contributed by atoms with Crippen molar-refractivity contribution in [1.29, 1.82) is 0 Å². The molecular weight excluding hydrogens is 478 g/mol. The van der Waals surface area contributed by atoms with E-state index in [0.29, 0.717) is 11.4 Å². The third-order valence-electron chi connectivity index (χ3n) is 4.52. The van der Waals surface area contributed by atoms with Gasteiger partial charge in [-0.2, -0.15) is 0 Å². The lowest BCUT2D eigenvalue weighted by molar-refractivity contribution is -0.141. The second kappa shape index (κ2) is 11.8. The van der Waals surface area contributed by atoms with Crippen LogP contribution < -0.4 is 10.6 Å². The van der Waals surface area contributed by atoms with Gasteiger partial charge < -0.3 is 19.9 Å². The number of hydrogen-bond acceptors (Lipinski definition) is 7. The van der Waals surface area contributed by atoms with Gasteiger partial charge in [-0.3, -0.25) is 19.2 Å². The first-order valence-corrected chi connectivity index (χ1v) is 11.8. The highest BCUT2D eigenvalue weighted by Gasteiger charge is 2.43. The van der Waals surface area contributed by atoms with Crippen LogP contribution >= 0.6 is 35.0 Å². The van der Waals surface area contributed by atoms with Crippen molar-refractivity contribution in [3.63, 3.8) is 0 Å². The number of amides is 2. The smallest absolute Gasteiger partial charge is 0.497 e. The Kier molecular flexibility index (Phi) is 9.73. The van der Waals surface area contributed by atoms with Crippen molar-refractivity contribution in [3.05, 3.63) is 33.8 Å². The molecule has 3 atom stereocenters. The topological polar surface area (TPSA) is 111 Å². The Hall–Kier alpha value is -1.91. The zero-order valence-corrected chi connectivity index (χ0v) is 20.5. The summed E-state index contributed by atoms with van der Waals surface area (Å²) in [5, 5.41) is 4.57. The van der Waals surface area contributed by atoms with E-state index in [9.17, 15) is 19.2 Å². The molecule has 1 aromatic rings. The van der Waals surface area contributed by atoms with Gasteiger partial charge in [0.2, 0.25) is 5.91 Å². The zero-order valence-electron chi connectivity index (χ0n) is 18.1. The first-order chi connectivity index (χ1) is 15.0. The average Bonchev–Trinajstić information content (AvgIpc) is 2.71. The molecule has 0 unspecified atom stereocenters. The first-order valence-electron chi connectivity index (χ1n) is 10.1. The lowest BCUT2D eigenvalue weighted by atomic mass is 9.73. The summed E-state index contributed by atoms with van der Waals surface area (Å²) in [4.78, 5) is 49.5. The van der Waals surface area contributed by atoms with E-state index >= 15 is 0 Å². The average molecular weight is 503 g/mol. The Labute approximate surface area is 201 Å². The largest absolute Gasteiger partial charge is 0.622 e. The molecule has 8 nitrogen and oxygen atoms in total. The van der Waals surface area contributed by atoms with Crippen molar-refractivity contribution in [1.82, 2.24) is 10.6 Å². The zero-order chi connectivity index (χ0) is 24.0. The minimum atomic E-state index is -1.27. The molecule has 0 bridgehead atoms. The molecule has 1 heterocycles. The summed E-state index contributed by atoms with van der Waals surface area (Å²) in [5.41, 5.74) is 0.133. The van der Waals surface area contributed by atoms with Crippen molar-refractivity contribution in [2.75, 3.05) is 6.54 Å². The lowest BCUT2D eigenvalue weighted by Gasteiger charge is -2.29. The molecule has 1 aromatic carbocycles. The van der Waals surface area contributed by atoms with Gasteiger partial charge in [-0.15, -0.1) is 11.8 Å². The molecule has 0 saturated carbocycles. The third-order valence-corrected chi connectivity index (χ3v) is 6.29. The third kappa shape index (κ3) is 7.60. The molecule has 2 amide bonds. The number of carbonyl (C=O) groups is 4. The molecule has 1 saturated heterocycles. The van der Waals surface area contributed by atoms with E-state index in [-0.39, 0.29) is 23.0 Å². The predicted octanol–water partition coefficient (Wildman–Crippen LogP) is 2.89. The number of halogens is 2. The van der Waals surface area contributed by atoms with Crippen LogP contribution in [0.15, 0.2) is 18.2 Å². The van der Waals surface area contributed by atoms with Gasteiger partial charge in [-0.1, -0.05) is 37.0 Å². The van der Waals surface area contributed by atoms with Gasteiger partial charge >= 0.3 is 19.1 Å². The Morgan fingerprint density at radius 2 is 1.72 bits per heavy atom. The minimum Gasteiger partial charge on any atom is -0.497 e. The maximum absolute atomic E-state index is 12.5. The molecule has 0 spiro atoms. The van der Waals surface area contributed by atoms with Gasteiger partial charge in [-0.05, 0) is 44.4 Å².